The highest BCUT2D eigenvalue weighted by Gasteiger charge is 2.37. The molecule has 1 aliphatic heterocycles. The fourth-order valence-corrected chi connectivity index (χ4v) is 3.64. The lowest BCUT2D eigenvalue weighted by atomic mass is 9.90. The van der Waals surface area contributed by atoms with Gasteiger partial charge in [0.15, 0.2) is 11.5 Å². The number of rotatable bonds is 5. The minimum absolute atomic E-state index is 0.00820. The first kappa shape index (κ1) is 21.9. The van der Waals surface area contributed by atoms with Crippen molar-refractivity contribution in [2.24, 2.45) is 5.92 Å². The summed E-state index contributed by atoms with van der Waals surface area (Å²) < 4.78 is 32.2. The van der Waals surface area contributed by atoms with E-state index < -0.39 is 17.5 Å². The number of carbonyl (C=O) groups is 2. The molecule has 7 nitrogen and oxygen atoms in total. The van der Waals surface area contributed by atoms with Crippen LogP contribution in [0.2, 0.25) is 0 Å². The molecule has 0 unspecified atom stereocenters. The second kappa shape index (κ2) is 8.91. The second-order valence-corrected chi connectivity index (χ2v) is 8.00. The molecule has 0 bridgehead atoms. The van der Waals surface area contributed by atoms with Gasteiger partial charge in [-0.15, -0.1) is 0 Å². The number of piperidine rings is 1. The van der Waals surface area contributed by atoms with E-state index in [2.05, 4.69) is 29.2 Å². The maximum atomic E-state index is 14.0. The molecule has 162 valence electrons. The molecule has 30 heavy (non-hydrogen) atoms. The average molecular weight is 420 g/mol. The first-order valence-corrected chi connectivity index (χ1v) is 9.85. The molecule has 1 N–H and O–H groups in total. The van der Waals surface area contributed by atoms with Crippen LogP contribution in [0.4, 0.5) is 8.78 Å². The van der Waals surface area contributed by atoms with Crippen LogP contribution in [0.15, 0.2) is 28.8 Å². The Bertz CT molecular complexity index is 929. The highest BCUT2D eigenvalue weighted by atomic mass is 19.1. The van der Waals surface area contributed by atoms with Crippen LogP contribution in [0.3, 0.4) is 0 Å². The number of benzene rings is 1. The van der Waals surface area contributed by atoms with Crippen molar-refractivity contribution in [1.82, 2.24) is 20.3 Å². The molecule has 1 saturated heterocycles. The van der Waals surface area contributed by atoms with Crippen LogP contribution in [0.5, 0.6) is 0 Å². The molecule has 1 aromatic heterocycles. The van der Waals surface area contributed by atoms with E-state index in [0.29, 0.717) is 19.0 Å². The lowest BCUT2D eigenvalue weighted by Crippen LogP contribution is -2.56. The van der Waals surface area contributed by atoms with E-state index in [4.69, 9.17) is 4.52 Å². The molecule has 0 radical (unpaired) electrons. The summed E-state index contributed by atoms with van der Waals surface area (Å²) in [4.78, 5) is 29.1. The summed E-state index contributed by atoms with van der Waals surface area (Å²) in [7, 11) is 3.38. The number of nitrogens with one attached hydrogen (secondary N) is 1. The van der Waals surface area contributed by atoms with Crippen LogP contribution in [0.25, 0.3) is 11.3 Å². The van der Waals surface area contributed by atoms with Gasteiger partial charge in [0.1, 0.15) is 11.6 Å². The summed E-state index contributed by atoms with van der Waals surface area (Å²) in [6.07, 6.45) is 0.617. The number of hydrogen-bond acceptors (Lipinski definition) is 5. The molecule has 1 aliphatic rings. The Morgan fingerprint density at radius 3 is 2.63 bits per heavy atom. The number of nitrogens with zero attached hydrogens (tertiary/aromatic N) is 3. The number of halogens is 2. The van der Waals surface area contributed by atoms with Gasteiger partial charge in [0, 0.05) is 51.4 Å². The average Bonchev–Trinajstić information content (AvgIpc) is 3.17. The van der Waals surface area contributed by atoms with Gasteiger partial charge in [-0.2, -0.15) is 0 Å². The van der Waals surface area contributed by atoms with Gasteiger partial charge in [0.2, 0.25) is 5.91 Å². The van der Waals surface area contributed by atoms with Crippen molar-refractivity contribution in [3.8, 4) is 11.3 Å². The fourth-order valence-electron chi connectivity index (χ4n) is 3.64. The predicted molar refractivity (Wildman–Crippen MR) is 107 cm³/mol. The smallest absolute Gasteiger partial charge is 0.273 e. The van der Waals surface area contributed by atoms with Crippen molar-refractivity contribution in [3.63, 3.8) is 0 Å². The minimum Gasteiger partial charge on any atom is -0.355 e. The maximum absolute atomic E-state index is 14.0. The standard InChI is InChI=1S/C21H26F2N4O3/c1-12(2)27-8-7-17(15(11-27)21(29)26(3)4)24-20(28)18-10-19(30-25-18)14-6-5-13(22)9-16(14)23/h5-6,9-10,12,15,17H,7-8,11H2,1-4H3,(H,24,28)/t15-,17-/m1/s1. The van der Waals surface area contributed by atoms with Gasteiger partial charge in [-0.1, -0.05) is 5.16 Å². The van der Waals surface area contributed by atoms with Crippen LogP contribution in [-0.4, -0.2) is 66.0 Å². The van der Waals surface area contributed by atoms with Crippen LogP contribution >= 0.6 is 0 Å². The van der Waals surface area contributed by atoms with Crippen molar-refractivity contribution < 1.29 is 22.9 Å². The van der Waals surface area contributed by atoms with E-state index in [1.54, 1.807) is 14.1 Å². The summed E-state index contributed by atoms with van der Waals surface area (Å²) in [5, 5.41) is 6.60. The van der Waals surface area contributed by atoms with Gasteiger partial charge in [-0.05, 0) is 32.4 Å². The van der Waals surface area contributed by atoms with Crippen molar-refractivity contribution in [1.29, 1.82) is 0 Å². The number of carbonyl (C=O) groups excluding carboxylic acids is 2. The van der Waals surface area contributed by atoms with Crippen molar-refractivity contribution in [2.75, 3.05) is 27.2 Å². The molecule has 1 fully saturated rings. The predicted octanol–water partition coefficient (Wildman–Crippen LogP) is 2.54. The summed E-state index contributed by atoms with van der Waals surface area (Å²) in [6, 6.07) is 4.30. The van der Waals surface area contributed by atoms with Gasteiger partial charge in [0.05, 0.1) is 11.5 Å². The lowest BCUT2D eigenvalue weighted by molar-refractivity contribution is -0.135. The normalized spacial score (nSPS) is 19.7. The first-order valence-electron chi connectivity index (χ1n) is 9.85. The third-order valence-corrected chi connectivity index (χ3v) is 5.39. The molecular formula is C21H26F2N4O3. The Morgan fingerprint density at radius 2 is 2.00 bits per heavy atom. The number of likely N-dealkylation sites (tertiary alicyclic amines) is 1. The molecule has 1 aromatic carbocycles. The molecular weight excluding hydrogens is 394 g/mol. The molecule has 0 spiro atoms. The third-order valence-electron chi connectivity index (χ3n) is 5.39. The van der Waals surface area contributed by atoms with E-state index in [9.17, 15) is 18.4 Å². The first-order chi connectivity index (χ1) is 14.2. The summed E-state index contributed by atoms with van der Waals surface area (Å²) in [5.74, 6) is -2.45. The van der Waals surface area contributed by atoms with Crippen molar-refractivity contribution >= 4 is 11.8 Å². The van der Waals surface area contributed by atoms with Crippen LogP contribution in [-0.2, 0) is 4.79 Å². The largest absolute Gasteiger partial charge is 0.355 e. The zero-order chi connectivity index (χ0) is 22.0. The van der Waals surface area contributed by atoms with Crippen molar-refractivity contribution in [2.45, 2.75) is 32.4 Å². The summed E-state index contributed by atoms with van der Waals surface area (Å²) in [6.45, 7) is 5.44. The Balaban J connectivity index is 1.75. The van der Waals surface area contributed by atoms with E-state index in [0.717, 1.165) is 18.7 Å². The van der Waals surface area contributed by atoms with E-state index >= 15 is 0 Å². The topological polar surface area (TPSA) is 78.7 Å². The summed E-state index contributed by atoms with van der Waals surface area (Å²) in [5.41, 5.74) is -0.0232. The number of aromatic nitrogens is 1. The molecule has 2 amide bonds. The zero-order valence-electron chi connectivity index (χ0n) is 17.5. The maximum Gasteiger partial charge on any atom is 0.273 e. The molecule has 2 atom stereocenters. The Kier molecular flexibility index (Phi) is 6.50. The molecule has 9 heteroatoms. The number of amides is 2. The summed E-state index contributed by atoms with van der Waals surface area (Å²) >= 11 is 0. The monoisotopic (exact) mass is 420 g/mol. The zero-order valence-corrected chi connectivity index (χ0v) is 17.5. The molecule has 3 rings (SSSR count). The molecule has 0 aliphatic carbocycles. The van der Waals surface area contributed by atoms with Crippen LogP contribution in [0, 0.1) is 17.6 Å². The highest BCUT2D eigenvalue weighted by Crippen LogP contribution is 2.25. The lowest BCUT2D eigenvalue weighted by Gasteiger charge is -2.40. The second-order valence-electron chi connectivity index (χ2n) is 8.00. The Morgan fingerprint density at radius 1 is 1.27 bits per heavy atom. The molecule has 0 saturated carbocycles. The van der Waals surface area contributed by atoms with Gasteiger partial charge >= 0.3 is 0 Å². The quantitative estimate of drug-likeness (QED) is 0.804. The molecule has 2 heterocycles. The SMILES string of the molecule is CC(C)N1CC[C@@H](NC(=O)c2cc(-c3ccc(F)cc3F)on2)[C@H](C(=O)N(C)C)C1. The third kappa shape index (κ3) is 4.67. The van der Waals surface area contributed by atoms with Crippen LogP contribution in [0.1, 0.15) is 30.8 Å². The van der Waals surface area contributed by atoms with Crippen molar-refractivity contribution in [3.05, 3.63) is 41.6 Å². The highest BCUT2D eigenvalue weighted by molar-refractivity contribution is 5.94. The molecule has 2 aromatic rings. The Labute approximate surface area is 174 Å². The van der Waals surface area contributed by atoms with Gasteiger partial charge in [0.25, 0.3) is 5.91 Å². The van der Waals surface area contributed by atoms with E-state index in [1.165, 1.54) is 17.0 Å². The van der Waals surface area contributed by atoms with Gasteiger partial charge in [-0.3, -0.25) is 14.5 Å². The van der Waals surface area contributed by atoms with Crippen LogP contribution < -0.4 is 5.32 Å². The number of hydrogen-bond donors (Lipinski definition) is 1. The van der Waals surface area contributed by atoms with E-state index in [-0.39, 0.29) is 34.9 Å². The Hall–Kier alpha value is -2.81. The fraction of sp³-hybridized carbons (Fsp3) is 0.476. The van der Waals surface area contributed by atoms with E-state index in [1.807, 2.05) is 0 Å². The van der Waals surface area contributed by atoms with Gasteiger partial charge in [-0.25, -0.2) is 8.78 Å². The van der Waals surface area contributed by atoms with Gasteiger partial charge < -0.3 is 14.7 Å². The minimum atomic E-state index is -0.809.